The third-order valence-electron chi connectivity index (χ3n) is 4.89. The fourth-order valence-electron chi connectivity index (χ4n) is 3.75. The van der Waals surface area contributed by atoms with Crippen molar-refractivity contribution in [1.29, 1.82) is 0 Å². The number of carboxylic acid groups (broad SMARTS) is 1. The SMILES string of the molecule is O=C([O-])C1CN1C(c1ccccc1)(c1ccccc1)c1ccccc1.[Na+]. The van der Waals surface area contributed by atoms with Gasteiger partial charge in [-0.15, -0.1) is 0 Å². The number of nitrogens with zero attached hydrogens (tertiary/aromatic N) is 1. The molecule has 124 valence electrons. The summed E-state index contributed by atoms with van der Waals surface area (Å²) in [7, 11) is 0. The summed E-state index contributed by atoms with van der Waals surface area (Å²) < 4.78 is 0. The maximum atomic E-state index is 11.6. The van der Waals surface area contributed by atoms with Crippen molar-refractivity contribution in [2.75, 3.05) is 6.54 Å². The Morgan fingerprint density at radius 2 is 1.12 bits per heavy atom. The van der Waals surface area contributed by atoms with Crippen LogP contribution >= 0.6 is 0 Å². The summed E-state index contributed by atoms with van der Waals surface area (Å²) in [5.41, 5.74) is 2.51. The fourth-order valence-corrected chi connectivity index (χ4v) is 3.75. The number of hydrogen-bond acceptors (Lipinski definition) is 3. The first kappa shape index (κ1) is 18.9. The van der Waals surface area contributed by atoms with Gasteiger partial charge in [-0.1, -0.05) is 91.0 Å². The van der Waals surface area contributed by atoms with Crippen LogP contribution in [0.25, 0.3) is 0 Å². The average Bonchev–Trinajstić information content (AvgIpc) is 3.47. The first-order valence-electron chi connectivity index (χ1n) is 8.39. The quantitative estimate of drug-likeness (QED) is 0.351. The molecule has 1 saturated heterocycles. The van der Waals surface area contributed by atoms with Crippen LogP contribution in [0.15, 0.2) is 91.0 Å². The molecule has 0 saturated carbocycles. The van der Waals surface area contributed by atoms with E-state index >= 15 is 0 Å². The van der Waals surface area contributed by atoms with E-state index in [2.05, 4.69) is 36.4 Å². The molecule has 0 spiro atoms. The zero-order valence-corrected chi connectivity index (χ0v) is 16.7. The Morgan fingerprint density at radius 3 is 1.38 bits per heavy atom. The normalized spacial score (nSPS) is 18.6. The Kier molecular flexibility index (Phi) is 5.64. The topological polar surface area (TPSA) is 43.1 Å². The van der Waals surface area contributed by atoms with Gasteiger partial charge in [0.25, 0.3) is 0 Å². The fraction of sp³-hybridized carbons (Fsp3) is 0.136. The number of carbonyl (C=O) groups is 1. The minimum atomic E-state index is -1.02. The number of carbonyl (C=O) groups excluding carboxylic acids is 1. The van der Waals surface area contributed by atoms with E-state index in [9.17, 15) is 9.90 Å². The molecule has 3 nitrogen and oxygen atoms in total. The summed E-state index contributed by atoms with van der Waals surface area (Å²) in [4.78, 5) is 13.6. The molecule has 0 radical (unpaired) electrons. The standard InChI is InChI=1S/C22H19NO2.Na/c24-21(25)20-16-23(20)22(17-10-4-1-5-11-17,18-12-6-2-7-13-18)19-14-8-3-9-15-19;/h1-15,20H,16H2,(H,24,25);/q;+1/p-1. The molecule has 1 aliphatic rings. The summed E-state index contributed by atoms with van der Waals surface area (Å²) in [5, 5.41) is 11.6. The van der Waals surface area contributed by atoms with Crippen LogP contribution in [0.3, 0.4) is 0 Å². The number of hydrogen-bond donors (Lipinski definition) is 0. The smallest absolute Gasteiger partial charge is 0.548 e. The predicted octanol–water partition coefficient (Wildman–Crippen LogP) is -0.583. The number of aliphatic carboxylic acids is 1. The molecule has 0 bridgehead atoms. The number of carboxylic acids is 1. The molecule has 1 heterocycles. The van der Waals surface area contributed by atoms with E-state index in [1.54, 1.807) is 0 Å². The molecule has 4 heteroatoms. The zero-order valence-electron chi connectivity index (χ0n) is 14.7. The van der Waals surface area contributed by atoms with E-state index in [1.807, 2.05) is 59.5 Å². The van der Waals surface area contributed by atoms with Crippen molar-refractivity contribution in [3.05, 3.63) is 108 Å². The third-order valence-corrected chi connectivity index (χ3v) is 4.89. The molecule has 0 amide bonds. The van der Waals surface area contributed by atoms with Crippen molar-refractivity contribution >= 4 is 5.97 Å². The van der Waals surface area contributed by atoms with Gasteiger partial charge in [-0.05, 0) is 16.7 Å². The molecular weight excluding hydrogens is 333 g/mol. The van der Waals surface area contributed by atoms with Gasteiger partial charge in [0.05, 0.1) is 17.6 Å². The zero-order chi connectivity index (χ0) is 17.3. The predicted molar refractivity (Wildman–Crippen MR) is 94.7 cm³/mol. The van der Waals surface area contributed by atoms with Gasteiger partial charge in [-0.2, -0.15) is 0 Å². The molecular formula is C22H18NNaO2. The Bertz CT molecular complexity index is 772. The van der Waals surface area contributed by atoms with Gasteiger partial charge in [0.2, 0.25) is 0 Å². The summed E-state index contributed by atoms with van der Waals surface area (Å²) in [6, 6.07) is 29.7. The Morgan fingerprint density at radius 1 is 0.769 bits per heavy atom. The van der Waals surface area contributed by atoms with Crippen LogP contribution in [0.4, 0.5) is 0 Å². The van der Waals surface area contributed by atoms with Gasteiger partial charge in [0, 0.05) is 6.54 Å². The van der Waals surface area contributed by atoms with Gasteiger partial charge in [0.15, 0.2) is 0 Å². The van der Waals surface area contributed by atoms with Crippen molar-refractivity contribution in [2.24, 2.45) is 0 Å². The second kappa shape index (κ2) is 7.77. The van der Waals surface area contributed by atoms with Crippen molar-refractivity contribution in [2.45, 2.75) is 11.6 Å². The minimum Gasteiger partial charge on any atom is -0.548 e. The first-order chi connectivity index (χ1) is 12.2. The number of rotatable bonds is 5. The van der Waals surface area contributed by atoms with Crippen LogP contribution in [0.1, 0.15) is 16.7 Å². The van der Waals surface area contributed by atoms with E-state index in [0.717, 1.165) is 16.7 Å². The van der Waals surface area contributed by atoms with Crippen molar-refractivity contribution in [3.8, 4) is 0 Å². The molecule has 1 aliphatic heterocycles. The van der Waals surface area contributed by atoms with Gasteiger partial charge >= 0.3 is 29.6 Å². The summed E-state index contributed by atoms with van der Waals surface area (Å²) in [6.45, 7) is 0.473. The van der Waals surface area contributed by atoms with Crippen LogP contribution in [0, 0.1) is 0 Å². The van der Waals surface area contributed by atoms with Gasteiger partial charge in [-0.25, -0.2) is 0 Å². The van der Waals surface area contributed by atoms with Crippen molar-refractivity contribution in [1.82, 2.24) is 4.90 Å². The van der Waals surface area contributed by atoms with Crippen LogP contribution in [0.2, 0.25) is 0 Å². The summed E-state index contributed by atoms with van der Waals surface area (Å²) in [5.74, 6) is -1.02. The van der Waals surface area contributed by atoms with Crippen molar-refractivity contribution in [3.63, 3.8) is 0 Å². The summed E-state index contributed by atoms with van der Waals surface area (Å²) >= 11 is 0. The Balaban J connectivity index is 0.00000196. The molecule has 0 aromatic heterocycles. The second-order valence-electron chi connectivity index (χ2n) is 6.30. The van der Waals surface area contributed by atoms with Crippen LogP contribution in [-0.4, -0.2) is 23.5 Å². The second-order valence-corrected chi connectivity index (χ2v) is 6.30. The van der Waals surface area contributed by atoms with E-state index in [-0.39, 0.29) is 29.6 Å². The molecule has 4 rings (SSSR count). The molecule has 3 aromatic rings. The molecule has 3 aromatic carbocycles. The van der Waals surface area contributed by atoms with Gasteiger partial charge in [-0.3, -0.25) is 4.90 Å². The maximum Gasteiger partial charge on any atom is 1.00 e. The van der Waals surface area contributed by atoms with Crippen molar-refractivity contribution < 1.29 is 39.5 Å². The van der Waals surface area contributed by atoms with Crippen LogP contribution in [0.5, 0.6) is 0 Å². The number of benzene rings is 3. The molecule has 2 unspecified atom stereocenters. The third kappa shape index (κ3) is 3.12. The summed E-state index contributed by atoms with van der Waals surface area (Å²) in [6.07, 6.45) is 0. The molecule has 26 heavy (non-hydrogen) atoms. The van der Waals surface area contributed by atoms with Gasteiger partial charge < -0.3 is 9.90 Å². The maximum absolute atomic E-state index is 11.6. The molecule has 0 N–H and O–H groups in total. The Labute approximate surface area is 175 Å². The van der Waals surface area contributed by atoms with E-state index in [1.165, 1.54) is 0 Å². The monoisotopic (exact) mass is 351 g/mol. The van der Waals surface area contributed by atoms with Crippen LogP contribution in [-0.2, 0) is 10.3 Å². The largest absolute Gasteiger partial charge is 1.00 e. The molecule has 0 aliphatic carbocycles. The van der Waals surface area contributed by atoms with Crippen LogP contribution < -0.4 is 34.7 Å². The molecule has 1 fully saturated rings. The van der Waals surface area contributed by atoms with E-state index < -0.39 is 17.6 Å². The Hall–Kier alpha value is -1.91. The van der Waals surface area contributed by atoms with E-state index in [4.69, 9.17) is 0 Å². The van der Waals surface area contributed by atoms with E-state index in [0.29, 0.717) is 6.54 Å². The van der Waals surface area contributed by atoms with Gasteiger partial charge in [0.1, 0.15) is 0 Å². The average molecular weight is 351 g/mol. The molecule has 2 atom stereocenters. The first-order valence-corrected chi connectivity index (χ1v) is 8.39. The minimum absolute atomic E-state index is 0.